The Morgan fingerprint density at radius 3 is 2.88 bits per heavy atom. The van der Waals surface area contributed by atoms with Crippen LogP contribution in [0.15, 0.2) is 36.7 Å². The van der Waals surface area contributed by atoms with Crippen LogP contribution in [0, 0.1) is 0 Å². The summed E-state index contributed by atoms with van der Waals surface area (Å²) in [5.74, 6) is -0.554. The lowest BCUT2D eigenvalue weighted by Crippen LogP contribution is -2.21. The Labute approximate surface area is 101 Å². The van der Waals surface area contributed by atoms with Crippen molar-refractivity contribution in [3.8, 4) is 11.1 Å². The summed E-state index contributed by atoms with van der Waals surface area (Å²) in [5, 5.41) is 2.56. The summed E-state index contributed by atoms with van der Waals surface area (Å²) in [7, 11) is 7.13. The van der Waals surface area contributed by atoms with Gasteiger partial charge in [0.1, 0.15) is 0 Å². The molecule has 0 atom stereocenters. The summed E-state index contributed by atoms with van der Waals surface area (Å²) in [5.41, 5.74) is 5.18. The van der Waals surface area contributed by atoms with Gasteiger partial charge in [0.15, 0.2) is 13.1 Å². The zero-order valence-corrected chi connectivity index (χ0v) is 8.97. The van der Waals surface area contributed by atoms with Crippen LogP contribution >= 0.6 is 0 Å². The Kier molecular flexibility index (Phi) is 2.25. The first-order valence-corrected chi connectivity index (χ1v) is 5.24. The molecule has 3 radical (unpaired) electrons. The molecule has 0 fully saturated rings. The average molecular weight is 217 g/mol. The lowest BCUT2D eigenvalue weighted by molar-refractivity contribution is 0.269. The highest BCUT2D eigenvalue weighted by Gasteiger charge is 2.19. The van der Waals surface area contributed by atoms with Crippen molar-refractivity contribution in [1.82, 2.24) is 4.98 Å². The first kappa shape index (κ1) is 10.1. The van der Waals surface area contributed by atoms with Crippen molar-refractivity contribution < 1.29 is 4.79 Å². The molecule has 5 heteroatoms. The molecule has 3 nitrogen and oxygen atoms in total. The van der Waals surface area contributed by atoms with Crippen molar-refractivity contribution in [2.24, 2.45) is 0 Å². The quantitative estimate of drug-likeness (QED) is 0.600. The number of amides is 1. The summed E-state index contributed by atoms with van der Waals surface area (Å²) < 4.78 is 0. The standard InChI is InChI=1S/C12H7B2N2O/c13-12(17)16-7-1-2-8-9-3-4-15-6-11(9)14-10(8)5-7/h1-6H,(H,16,17). The van der Waals surface area contributed by atoms with Crippen molar-refractivity contribution in [1.29, 1.82) is 0 Å². The van der Waals surface area contributed by atoms with Crippen LogP contribution in [0.5, 0.6) is 0 Å². The summed E-state index contributed by atoms with van der Waals surface area (Å²) in [4.78, 5) is 14.9. The second kappa shape index (κ2) is 3.77. The molecule has 0 saturated carbocycles. The fourth-order valence-corrected chi connectivity index (χ4v) is 2.08. The maximum atomic E-state index is 10.8. The molecule has 1 amide bonds. The smallest absolute Gasteiger partial charge is 0.201 e. The number of pyridine rings is 1. The van der Waals surface area contributed by atoms with E-state index in [0.717, 1.165) is 16.5 Å². The molecule has 0 saturated heterocycles. The minimum Gasteiger partial charge on any atom is -0.336 e. The highest BCUT2D eigenvalue weighted by molar-refractivity contribution is 6.73. The SMILES string of the molecule is [B]C(=O)Nc1ccc2c(c1)[B]c1cnccc1-2. The molecule has 77 valence electrons. The van der Waals surface area contributed by atoms with Gasteiger partial charge in [-0.25, -0.2) is 0 Å². The van der Waals surface area contributed by atoms with E-state index in [0.29, 0.717) is 5.69 Å². The molecule has 1 aliphatic heterocycles. The number of fused-ring (bicyclic) bond motifs is 3. The van der Waals surface area contributed by atoms with E-state index in [2.05, 4.69) is 10.3 Å². The zero-order valence-electron chi connectivity index (χ0n) is 8.97. The zero-order chi connectivity index (χ0) is 11.8. The van der Waals surface area contributed by atoms with Crippen LogP contribution < -0.4 is 16.2 Å². The minimum absolute atomic E-state index is 0.554. The predicted octanol–water partition coefficient (Wildman–Crippen LogP) is 0.417. The third-order valence-corrected chi connectivity index (χ3v) is 2.77. The van der Waals surface area contributed by atoms with Gasteiger partial charge in [0, 0.05) is 18.1 Å². The van der Waals surface area contributed by atoms with Gasteiger partial charge in [0.2, 0.25) is 7.85 Å². The molecule has 0 unspecified atom stereocenters. The summed E-state index contributed by atoms with van der Waals surface area (Å²) >= 11 is 0. The summed E-state index contributed by atoms with van der Waals surface area (Å²) in [6.07, 6.45) is 3.61. The summed E-state index contributed by atoms with van der Waals surface area (Å²) in [6, 6.07) is 7.70. The Hall–Kier alpha value is -2.03. The van der Waals surface area contributed by atoms with Crippen molar-refractivity contribution in [2.45, 2.75) is 0 Å². The Morgan fingerprint density at radius 1 is 1.24 bits per heavy atom. The molecule has 1 N–H and O–H groups in total. The number of benzene rings is 1. The second-order valence-electron chi connectivity index (χ2n) is 3.90. The molecule has 2 aromatic rings. The molecule has 0 spiro atoms. The third-order valence-electron chi connectivity index (χ3n) is 2.77. The molecule has 1 aromatic carbocycles. The lowest BCUT2D eigenvalue weighted by Gasteiger charge is -2.06. The van der Waals surface area contributed by atoms with Gasteiger partial charge >= 0.3 is 0 Å². The number of aromatic nitrogens is 1. The molecule has 0 bridgehead atoms. The highest BCUT2D eigenvalue weighted by atomic mass is 16.1. The molecule has 3 rings (SSSR count). The van der Waals surface area contributed by atoms with Gasteiger partial charge in [0.05, 0.1) is 0 Å². The average Bonchev–Trinajstić information content (AvgIpc) is 2.65. The van der Waals surface area contributed by atoms with Crippen molar-refractivity contribution in [2.75, 3.05) is 5.32 Å². The van der Waals surface area contributed by atoms with E-state index in [-0.39, 0.29) is 0 Å². The number of hydrogen-bond donors (Lipinski definition) is 1. The van der Waals surface area contributed by atoms with E-state index in [1.807, 2.05) is 37.7 Å². The predicted molar refractivity (Wildman–Crippen MR) is 69.5 cm³/mol. The largest absolute Gasteiger partial charge is 0.336 e. The Bertz CT molecular complexity index is 613. The molecule has 2 heterocycles. The first-order valence-electron chi connectivity index (χ1n) is 5.24. The third kappa shape index (κ3) is 1.73. The number of carbonyl (C=O) groups excluding carboxylic acids is 1. The number of anilines is 1. The molecule has 1 aliphatic rings. The van der Waals surface area contributed by atoms with Gasteiger partial charge in [-0.1, -0.05) is 17.0 Å². The number of hydrogen-bond acceptors (Lipinski definition) is 2. The maximum absolute atomic E-state index is 10.8. The topological polar surface area (TPSA) is 42.0 Å². The van der Waals surface area contributed by atoms with Gasteiger partial charge < -0.3 is 5.32 Å². The highest BCUT2D eigenvalue weighted by Crippen LogP contribution is 2.21. The van der Waals surface area contributed by atoms with Gasteiger partial charge in [-0.3, -0.25) is 9.78 Å². The number of nitrogens with zero attached hydrogens (tertiary/aromatic N) is 1. The van der Waals surface area contributed by atoms with Crippen molar-refractivity contribution in [3.63, 3.8) is 0 Å². The van der Waals surface area contributed by atoms with Crippen LogP contribution in [-0.4, -0.2) is 25.9 Å². The molecular formula is C12H7B2N2O. The van der Waals surface area contributed by atoms with Crippen LogP contribution in [-0.2, 0) is 0 Å². The molecule has 0 aliphatic carbocycles. The Morgan fingerprint density at radius 2 is 2.06 bits per heavy atom. The van der Waals surface area contributed by atoms with Crippen molar-refractivity contribution in [3.05, 3.63) is 36.7 Å². The van der Waals surface area contributed by atoms with Crippen LogP contribution in [0.2, 0.25) is 0 Å². The van der Waals surface area contributed by atoms with Gasteiger partial charge in [0.25, 0.3) is 0 Å². The molecule has 1 aromatic heterocycles. The van der Waals surface area contributed by atoms with Crippen LogP contribution in [0.3, 0.4) is 0 Å². The fraction of sp³-hybridized carbons (Fsp3) is 0. The monoisotopic (exact) mass is 217 g/mol. The fourth-order valence-electron chi connectivity index (χ4n) is 2.08. The van der Waals surface area contributed by atoms with Crippen LogP contribution in [0.4, 0.5) is 10.5 Å². The second-order valence-corrected chi connectivity index (χ2v) is 3.90. The van der Waals surface area contributed by atoms with Gasteiger partial charge in [-0.15, -0.1) is 0 Å². The van der Waals surface area contributed by atoms with Gasteiger partial charge in [-0.2, -0.15) is 0 Å². The van der Waals surface area contributed by atoms with E-state index in [9.17, 15) is 4.79 Å². The maximum Gasteiger partial charge on any atom is 0.201 e. The number of carbonyl (C=O) groups is 1. The number of nitrogens with one attached hydrogen (secondary N) is 1. The molecular weight excluding hydrogens is 210 g/mol. The minimum atomic E-state index is -0.554. The lowest BCUT2D eigenvalue weighted by atomic mass is 9.68. The van der Waals surface area contributed by atoms with Crippen LogP contribution in [0.25, 0.3) is 11.1 Å². The van der Waals surface area contributed by atoms with E-state index < -0.39 is 5.81 Å². The van der Waals surface area contributed by atoms with E-state index in [1.54, 1.807) is 6.20 Å². The van der Waals surface area contributed by atoms with Crippen LogP contribution in [0.1, 0.15) is 0 Å². The van der Waals surface area contributed by atoms with E-state index >= 15 is 0 Å². The normalized spacial score (nSPS) is 11.3. The number of rotatable bonds is 1. The van der Waals surface area contributed by atoms with E-state index in [1.165, 1.54) is 5.56 Å². The molecule has 17 heavy (non-hydrogen) atoms. The first-order chi connectivity index (χ1) is 8.24. The van der Waals surface area contributed by atoms with Gasteiger partial charge in [-0.05, 0) is 29.3 Å². The summed E-state index contributed by atoms with van der Waals surface area (Å²) in [6.45, 7) is 0. The Balaban J connectivity index is 2.04. The van der Waals surface area contributed by atoms with E-state index in [4.69, 9.17) is 7.85 Å². The van der Waals surface area contributed by atoms with Crippen molar-refractivity contribution >= 4 is 37.5 Å².